The fraction of sp³-hybridized carbons (Fsp3) is 0.387. The van der Waals surface area contributed by atoms with Crippen molar-refractivity contribution in [1.82, 2.24) is 19.9 Å². The Labute approximate surface area is 224 Å². The van der Waals surface area contributed by atoms with E-state index in [4.69, 9.17) is 14.5 Å². The summed E-state index contributed by atoms with van der Waals surface area (Å²) in [6, 6.07) is 17.7. The van der Waals surface area contributed by atoms with Gasteiger partial charge in [-0.25, -0.2) is 4.98 Å². The lowest BCUT2D eigenvalue weighted by molar-refractivity contribution is 0.0940. The average Bonchev–Trinajstić information content (AvgIpc) is 3.34. The lowest BCUT2D eigenvalue weighted by atomic mass is 9.95. The lowest BCUT2D eigenvalue weighted by Gasteiger charge is -2.25. The van der Waals surface area contributed by atoms with Crippen molar-refractivity contribution in [2.24, 2.45) is 0 Å². The number of nitrogens with one attached hydrogen (secondary N) is 1. The van der Waals surface area contributed by atoms with Gasteiger partial charge in [-0.05, 0) is 81.6 Å². The molecular weight excluding hydrogens is 476 g/mol. The number of hydrogen-bond acceptors (Lipinski definition) is 5. The third kappa shape index (κ3) is 5.37. The van der Waals surface area contributed by atoms with Crippen molar-refractivity contribution in [2.75, 3.05) is 13.2 Å². The third-order valence-electron chi connectivity index (χ3n) is 7.20. The standard InChI is InChI=1S/C31H36N4O3/c1-4-37-28-17-15-22(20-29(28)38-5-2)21(3)33-31(36)23-14-16-27-26(19-23)34-30(25-13-9-10-18-32-25)35(27)24-11-7-6-8-12-24/h9-10,13-21,24H,4-8,11-12H2,1-3H3,(H,33,36). The molecule has 7 nitrogen and oxygen atoms in total. The maximum atomic E-state index is 13.3. The number of pyridine rings is 1. The molecule has 5 rings (SSSR count). The number of fused-ring (bicyclic) bond motifs is 1. The van der Waals surface area contributed by atoms with Gasteiger partial charge in [0.25, 0.3) is 5.91 Å². The topological polar surface area (TPSA) is 78.3 Å². The fourth-order valence-corrected chi connectivity index (χ4v) is 5.32. The van der Waals surface area contributed by atoms with E-state index in [1.807, 2.05) is 75.4 Å². The first-order valence-corrected chi connectivity index (χ1v) is 13.7. The molecule has 1 N–H and O–H groups in total. The molecule has 7 heteroatoms. The molecule has 4 aromatic rings. The summed E-state index contributed by atoms with van der Waals surface area (Å²) in [5.74, 6) is 2.12. The van der Waals surface area contributed by atoms with E-state index in [0.29, 0.717) is 36.3 Å². The second-order valence-corrected chi connectivity index (χ2v) is 9.78. The van der Waals surface area contributed by atoms with Gasteiger partial charge in [0.1, 0.15) is 5.69 Å². The van der Waals surface area contributed by atoms with Gasteiger partial charge < -0.3 is 19.4 Å². The predicted octanol–water partition coefficient (Wildman–Crippen LogP) is 6.89. The Morgan fingerprint density at radius 2 is 1.79 bits per heavy atom. The highest BCUT2D eigenvalue weighted by molar-refractivity contribution is 5.98. The van der Waals surface area contributed by atoms with E-state index >= 15 is 0 Å². The smallest absolute Gasteiger partial charge is 0.251 e. The van der Waals surface area contributed by atoms with Gasteiger partial charge in [0.15, 0.2) is 17.3 Å². The predicted molar refractivity (Wildman–Crippen MR) is 150 cm³/mol. The maximum Gasteiger partial charge on any atom is 0.251 e. The quantitative estimate of drug-likeness (QED) is 0.264. The lowest BCUT2D eigenvalue weighted by Crippen LogP contribution is -2.26. The molecule has 1 aliphatic carbocycles. The highest BCUT2D eigenvalue weighted by atomic mass is 16.5. The molecule has 1 fully saturated rings. The minimum Gasteiger partial charge on any atom is -0.490 e. The van der Waals surface area contributed by atoms with Crippen LogP contribution in [0.15, 0.2) is 60.8 Å². The number of benzene rings is 2. The van der Waals surface area contributed by atoms with Gasteiger partial charge in [0, 0.05) is 17.8 Å². The monoisotopic (exact) mass is 512 g/mol. The van der Waals surface area contributed by atoms with Crippen LogP contribution in [0.2, 0.25) is 0 Å². The van der Waals surface area contributed by atoms with E-state index in [0.717, 1.165) is 41.0 Å². The summed E-state index contributed by atoms with van der Waals surface area (Å²) in [7, 11) is 0. The number of rotatable bonds is 9. The largest absolute Gasteiger partial charge is 0.490 e. The molecule has 1 aliphatic rings. The summed E-state index contributed by atoms with van der Waals surface area (Å²) < 4.78 is 13.8. The first-order chi connectivity index (χ1) is 18.6. The van der Waals surface area contributed by atoms with Crippen LogP contribution >= 0.6 is 0 Å². The number of imidazole rings is 1. The minimum atomic E-state index is -0.211. The number of hydrogen-bond donors (Lipinski definition) is 1. The van der Waals surface area contributed by atoms with Crippen LogP contribution in [0.5, 0.6) is 11.5 Å². The van der Waals surface area contributed by atoms with Gasteiger partial charge in [-0.3, -0.25) is 9.78 Å². The average molecular weight is 513 g/mol. The van der Waals surface area contributed by atoms with Crippen molar-refractivity contribution in [3.05, 3.63) is 71.9 Å². The zero-order chi connectivity index (χ0) is 26.5. The molecule has 1 atom stereocenters. The van der Waals surface area contributed by atoms with Crippen LogP contribution in [0.4, 0.5) is 0 Å². The highest BCUT2D eigenvalue weighted by Crippen LogP contribution is 2.36. The Bertz CT molecular complexity index is 1390. The van der Waals surface area contributed by atoms with Crippen LogP contribution in [0.1, 0.15) is 80.9 Å². The summed E-state index contributed by atoms with van der Waals surface area (Å²) in [5.41, 5.74) is 4.26. The van der Waals surface area contributed by atoms with E-state index < -0.39 is 0 Å². The molecule has 1 amide bonds. The number of carbonyl (C=O) groups is 1. The maximum absolute atomic E-state index is 13.3. The Morgan fingerprint density at radius 3 is 2.53 bits per heavy atom. The molecule has 1 unspecified atom stereocenters. The summed E-state index contributed by atoms with van der Waals surface area (Å²) in [4.78, 5) is 22.9. The van der Waals surface area contributed by atoms with Crippen molar-refractivity contribution in [2.45, 2.75) is 65.0 Å². The molecule has 0 aliphatic heterocycles. The Hall–Kier alpha value is -3.87. The van der Waals surface area contributed by atoms with Crippen LogP contribution in [0, 0.1) is 0 Å². The van der Waals surface area contributed by atoms with E-state index in [9.17, 15) is 4.79 Å². The van der Waals surface area contributed by atoms with Gasteiger partial charge in [-0.15, -0.1) is 0 Å². The van der Waals surface area contributed by atoms with Crippen molar-refractivity contribution in [3.8, 4) is 23.0 Å². The van der Waals surface area contributed by atoms with Crippen molar-refractivity contribution < 1.29 is 14.3 Å². The number of nitrogens with zero attached hydrogens (tertiary/aromatic N) is 3. The summed E-state index contributed by atoms with van der Waals surface area (Å²) >= 11 is 0. The van der Waals surface area contributed by atoms with Crippen LogP contribution < -0.4 is 14.8 Å². The molecule has 0 radical (unpaired) electrons. The summed E-state index contributed by atoms with van der Waals surface area (Å²) in [5, 5.41) is 3.13. The molecule has 0 bridgehead atoms. The second-order valence-electron chi connectivity index (χ2n) is 9.78. The molecule has 198 valence electrons. The summed E-state index contributed by atoms with van der Waals surface area (Å²) in [6.07, 6.45) is 7.80. The second kappa shape index (κ2) is 11.7. The molecular formula is C31H36N4O3. The van der Waals surface area contributed by atoms with Crippen molar-refractivity contribution in [3.63, 3.8) is 0 Å². The Kier molecular flexibility index (Phi) is 7.91. The number of aromatic nitrogens is 3. The molecule has 2 aromatic carbocycles. The van der Waals surface area contributed by atoms with E-state index in [1.54, 1.807) is 6.20 Å². The van der Waals surface area contributed by atoms with Crippen LogP contribution in [0.3, 0.4) is 0 Å². The van der Waals surface area contributed by atoms with Gasteiger partial charge in [0.2, 0.25) is 0 Å². The van der Waals surface area contributed by atoms with E-state index in [-0.39, 0.29) is 11.9 Å². The molecule has 38 heavy (non-hydrogen) atoms. The van der Waals surface area contributed by atoms with E-state index in [1.165, 1.54) is 19.3 Å². The van der Waals surface area contributed by atoms with Crippen LogP contribution in [-0.4, -0.2) is 33.7 Å². The number of amides is 1. The van der Waals surface area contributed by atoms with Crippen LogP contribution in [0.25, 0.3) is 22.6 Å². The van der Waals surface area contributed by atoms with Crippen molar-refractivity contribution >= 4 is 16.9 Å². The first kappa shape index (κ1) is 25.8. The highest BCUT2D eigenvalue weighted by Gasteiger charge is 2.24. The first-order valence-electron chi connectivity index (χ1n) is 13.7. The minimum absolute atomic E-state index is 0.141. The number of ether oxygens (including phenoxy) is 2. The molecule has 2 heterocycles. The Balaban J connectivity index is 1.42. The van der Waals surface area contributed by atoms with Gasteiger partial charge in [0.05, 0.1) is 30.3 Å². The fourth-order valence-electron chi connectivity index (χ4n) is 5.32. The number of carbonyl (C=O) groups excluding carboxylic acids is 1. The molecule has 1 saturated carbocycles. The zero-order valence-corrected chi connectivity index (χ0v) is 22.4. The van der Waals surface area contributed by atoms with Gasteiger partial charge >= 0.3 is 0 Å². The van der Waals surface area contributed by atoms with Gasteiger partial charge in [-0.2, -0.15) is 0 Å². The molecule has 0 saturated heterocycles. The van der Waals surface area contributed by atoms with Crippen LogP contribution in [-0.2, 0) is 0 Å². The van der Waals surface area contributed by atoms with Crippen molar-refractivity contribution in [1.29, 1.82) is 0 Å². The van der Waals surface area contributed by atoms with Gasteiger partial charge in [-0.1, -0.05) is 31.4 Å². The van der Waals surface area contributed by atoms with E-state index in [2.05, 4.69) is 14.9 Å². The molecule has 0 spiro atoms. The summed E-state index contributed by atoms with van der Waals surface area (Å²) in [6.45, 7) is 6.96. The Morgan fingerprint density at radius 1 is 1.00 bits per heavy atom. The third-order valence-corrected chi connectivity index (χ3v) is 7.20. The normalized spacial score (nSPS) is 14.8. The zero-order valence-electron chi connectivity index (χ0n) is 22.4. The molecule has 2 aromatic heterocycles. The SMILES string of the molecule is CCOc1ccc(C(C)NC(=O)c2ccc3c(c2)nc(-c2ccccn2)n3C2CCCCC2)cc1OCC.